The minimum absolute atomic E-state index is 0.0496. The van der Waals surface area contributed by atoms with Crippen molar-refractivity contribution in [2.75, 3.05) is 0 Å². The standard InChI is InChI=1S/C16H24O3Si2/c1-6-7-13-10-12(11-17)8-9-14(13)16(2,3)15(18-20-4)19-21-5/h6,8-10,15,17H,1,7,11H2,2-5H3. The van der Waals surface area contributed by atoms with Crippen molar-refractivity contribution in [1.29, 1.82) is 0 Å². The smallest absolute Gasteiger partial charge is 0.229 e. The van der Waals surface area contributed by atoms with Crippen LogP contribution in [-0.2, 0) is 27.3 Å². The predicted octanol–water partition coefficient (Wildman–Crippen LogP) is 2.88. The molecule has 0 aromatic heterocycles. The van der Waals surface area contributed by atoms with Crippen LogP contribution in [0, 0.1) is 0 Å². The van der Waals surface area contributed by atoms with E-state index in [1.165, 1.54) is 5.56 Å². The van der Waals surface area contributed by atoms with Crippen molar-refractivity contribution in [3.8, 4) is 0 Å². The van der Waals surface area contributed by atoms with E-state index in [-0.39, 0.29) is 18.3 Å². The third-order valence-corrected chi connectivity index (χ3v) is 4.35. The highest BCUT2D eigenvalue weighted by atomic mass is 28.2. The zero-order chi connectivity index (χ0) is 15.9. The van der Waals surface area contributed by atoms with E-state index in [9.17, 15) is 5.11 Å². The topological polar surface area (TPSA) is 38.7 Å². The summed E-state index contributed by atoms with van der Waals surface area (Å²) >= 11 is 0. The average Bonchev–Trinajstić information content (AvgIpc) is 2.47. The normalized spacial score (nSPS) is 11.9. The zero-order valence-electron chi connectivity index (χ0n) is 13.3. The molecule has 0 atom stereocenters. The van der Waals surface area contributed by atoms with E-state index in [4.69, 9.17) is 8.85 Å². The lowest BCUT2D eigenvalue weighted by Crippen LogP contribution is -2.40. The molecular formula is C16H24O3Si2. The van der Waals surface area contributed by atoms with Crippen molar-refractivity contribution in [3.05, 3.63) is 47.5 Å². The number of hydrogen-bond donors (Lipinski definition) is 1. The predicted molar refractivity (Wildman–Crippen MR) is 88.5 cm³/mol. The van der Waals surface area contributed by atoms with Crippen LogP contribution in [0.2, 0.25) is 13.1 Å². The molecule has 21 heavy (non-hydrogen) atoms. The van der Waals surface area contributed by atoms with Gasteiger partial charge in [-0.1, -0.05) is 38.1 Å². The summed E-state index contributed by atoms with van der Waals surface area (Å²) in [6.07, 6.45) is 2.38. The van der Waals surface area contributed by atoms with Gasteiger partial charge in [-0.25, -0.2) is 0 Å². The lowest BCUT2D eigenvalue weighted by atomic mass is 9.80. The quantitative estimate of drug-likeness (QED) is 0.432. The maximum atomic E-state index is 9.33. The molecule has 0 amide bonds. The summed E-state index contributed by atoms with van der Waals surface area (Å²) in [5.41, 5.74) is 3.00. The van der Waals surface area contributed by atoms with E-state index in [0.29, 0.717) is 19.5 Å². The molecule has 0 aliphatic heterocycles. The summed E-state index contributed by atoms with van der Waals surface area (Å²) in [5, 5.41) is 9.33. The first-order chi connectivity index (χ1) is 10.0. The minimum atomic E-state index is -0.271. The highest BCUT2D eigenvalue weighted by Gasteiger charge is 2.34. The molecule has 0 saturated carbocycles. The molecule has 1 aromatic rings. The monoisotopic (exact) mass is 320 g/mol. The maximum absolute atomic E-state index is 9.33. The molecule has 0 unspecified atom stereocenters. The van der Waals surface area contributed by atoms with Crippen molar-refractivity contribution in [2.24, 2.45) is 0 Å². The van der Waals surface area contributed by atoms with Crippen molar-refractivity contribution < 1.29 is 14.0 Å². The van der Waals surface area contributed by atoms with E-state index >= 15 is 0 Å². The van der Waals surface area contributed by atoms with Crippen molar-refractivity contribution >= 4 is 19.5 Å². The van der Waals surface area contributed by atoms with E-state index in [1.54, 1.807) is 0 Å². The van der Waals surface area contributed by atoms with Gasteiger partial charge in [-0.2, -0.15) is 0 Å². The van der Waals surface area contributed by atoms with E-state index in [0.717, 1.165) is 17.5 Å². The Balaban J connectivity index is 3.23. The van der Waals surface area contributed by atoms with Gasteiger partial charge in [0, 0.05) is 5.41 Å². The number of rotatable bonds is 9. The summed E-state index contributed by atoms with van der Waals surface area (Å²) in [6, 6.07) is 6.07. The number of aliphatic hydroxyl groups excluding tert-OH is 1. The summed E-state index contributed by atoms with van der Waals surface area (Å²) < 4.78 is 11.7. The van der Waals surface area contributed by atoms with Crippen LogP contribution in [0.15, 0.2) is 30.9 Å². The van der Waals surface area contributed by atoms with Gasteiger partial charge in [0.25, 0.3) is 0 Å². The molecule has 0 aliphatic carbocycles. The molecule has 0 fully saturated rings. The summed E-state index contributed by atoms with van der Waals surface area (Å²) in [4.78, 5) is 0. The summed E-state index contributed by atoms with van der Waals surface area (Å²) in [5.74, 6) is 0. The van der Waals surface area contributed by atoms with Crippen LogP contribution in [0.1, 0.15) is 30.5 Å². The molecule has 0 saturated heterocycles. The molecule has 5 heteroatoms. The Labute approximate surface area is 133 Å². The van der Waals surface area contributed by atoms with Gasteiger partial charge in [0.1, 0.15) is 6.29 Å². The lowest BCUT2D eigenvalue weighted by molar-refractivity contribution is -0.0435. The van der Waals surface area contributed by atoms with Crippen molar-refractivity contribution in [3.63, 3.8) is 0 Å². The van der Waals surface area contributed by atoms with Gasteiger partial charge in [0.2, 0.25) is 19.5 Å². The fourth-order valence-corrected chi connectivity index (χ4v) is 3.57. The Hall–Kier alpha value is -0.726. The lowest BCUT2D eigenvalue weighted by Gasteiger charge is -2.36. The highest BCUT2D eigenvalue weighted by Crippen LogP contribution is 2.33. The molecule has 0 spiro atoms. The van der Waals surface area contributed by atoms with Gasteiger partial charge >= 0.3 is 0 Å². The average molecular weight is 321 g/mol. The largest absolute Gasteiger partial charge is 0.393 e. The van der Waals surface area contributed by atoms with Crippen molar-refractivity contribution in [2.45, 2.75) is 51.7 Å². The zero-order valence-corrected chi connectivity index (χ0v) is 15.3. The van der Waals surface area contributed by atoms with Crippen LogP contribution >= 0.6 is 0 Å². The van der Waals surface area contributed by atoms with Crippen LogP contribution in [-0.4, -0.2) is 30.9 Å². The Morgan fingerprint density at radius 1 is 1.29 bits per heavy atom. The number of aliphatic hydroxyl groups is 1. The molecule has 1 aromatic carbocycles. The van der Waals surface area contributed by atoms with Crippen LogP contribution < -0.4 is 0 Å². The van der Waals surface area contributed by atoms with Gasteiger partial charge in [-0.05, 0) is 36.2 Å². The van der Waals surface area contributed by atoms with Gasteiger partial charge in [0.15, 0.2) is 0 Å². The first-order valence-electron chi connectivity index (χ1n) is 7.00. The number of hydrogen-bond acceptors (Lipinski definition) is 3. The fraction of sp³-hybridized carbons (Fsp3) is 0.500. The van der Waals surface area contributed by atoms with E-state index < -0.39 is 0 Å². The molecular weight excluding hydrogens is 296 g/mol. The second-order valence-electron chi connectivity index (χ2n) is 5.34. The molecule has 1 rings (SSSR count). The van der Waals surface area contributed by atoms with Gasteiger partial charge in [-0.3, -0.25) is 0 Å². The van der Waals surface area contributed by atoms with Gasteiger partial charge < -0.3 is 14.0 Å². The number of allylic oxidation sites excluding steroid dienone is 1. The van der Waals surface area contributed by atoms with E-state index in [2.05, 4.69) is 26.5 Å². The molecule has 4 radical (unpaired) electrons. The molecule has 0 bridgehead atoms. The Kier molecular flexibility index (Phi) is 7.55. The molecule has 3 nitrogen and oxygen atoms in total. The SMILES string of the molecule is C=CCc1cc(CO)ccc1C(C)(C)C(O[Si]C)O[Si]C. The third kappa shape index (κ3) is 4.62. The van der Waals surface area contributed by atoms with Crippen molar-refractivity contribution in [1.82, 2.24) is 0 Å². The molecule has 114 valence electrons. The molecule has 0 heterocycles. The van der Waals surface area contributed by atoms with Crippen LogP contribution in [0.5, 0.6) is 0 Å². The second kappa shape index (κ2) is 8.65. The second-order valence-corrected chi connectivity index (χ2v) is 6.63. The van der Waals surface area contributed by atoms with Gasteiger partial charge in [0.05, 0.1) is 6.61 Å². The fourth-order valence-electron chi connectivity index (χ4n) is 2.36. The Morgan fingerprint density at radius 2 is 1.90 bits per heavy atom. The summed E-state index contributed by atoms with van der Waals surface area (Å²) in [7, 11) is 0.762. The number of benzene rings is 1. The summed E-state index contributed by atoms with van der Waals surface area (Å²) in [6.45, 7) is 12.2. The first kappa shape index (κ1) is 18.3. The molecule has 1 N–H and O–H groups in total. The Morgan fingerprint density at radius 3 is 2.38 bits per heavy atom. The van der Waals surface area contributed by atoms with E-state index in [1.807, 2.05) is 31.3 Å². The highest BCUT2D eigenvalue weighted by molar-refractivity contribution is 6.26. The van der Waals surface area contributed by atoms with Crippen LogP contribution in [0.25, 0.3) is 0 Å². The van der Waals surface area contributed by atoms with Crippen LogP contribution in [0.3, 0.4) is 0 Å². The van der Waals surface area contributed by atoms with Gasteiger partial charge in [-0.15, -0.1) is 6.58 Å². The molecule has 0 aliphatic rings. The minimum Gasteiger partial charge on any atom is -0.393 e. The first-order valence-corrected chi connectivity index (χ1v) is 9.81. The Bertz CT molecular complexity index is 455. The third-order valence-electron chi connectivity index (χ3n) is 3.45. The maximum Gasteiger partial charge on any atom is 0.229 e. The van der Waals surface area contributed by atoms with Crippen LogP contribution in [0.4, 0.5) is 0 Å².